The van der Waals surface area contributed by atoms with Crippen molar-refractivity contribution in [1.82, 2.24) is 25.1 Å². The minimum atomic E-state index is -0.658. The number of piperidine rings is 1. The summed E-state index contributed by atoms with van der Waals surface area (Å²) in [7, 11) is 0. The molecule has 21 heavy (non-hydrogen) atoms. The summed E-state index contributed by atoms with van der Waals surface area (Å²) in [4.78, 5) is 15.3. The van der Waals surface area contributed by atoms with E-state index in [9.17, 15) is 9.90 Å². The molecule has 0 unspecified atom stereocenters. The lowest BCUT2D eigenvalue weighted by Gasteiger charge is -2.35. The molecule has 1 aliphatic rings. The van der Waals surface area contributed by atoms with Crippen LogP contribution in [-0.4, -0.2) is 54.8 Å². The molecule has 3 rings (SSSR count). The Morgan fingerprint density at radius 3 is 2.90 bits per heavy atom. The highest BCUT2D eigenvalue weighted by Gasteiger charge is 2.29. The van der Waals surface area contributed by atoms with E-state index in [1.165, 1.54) is 4.80 Å². The van der Waals surface area contributed by atoms with Crippen LogP contribution in [-0.2, 0) is 11.3 Å². The first-order valence-corrected chi connectivity index (χ1v) is 7.78. The van der Waals surface area contributed by atoms with E-state index in [0.717, 1.165) is 5.56 Å². The lowest BCUT2D eigenvalue weighted by molar-refractivity contribution is -0.136. The second kappa shape index (κ2) is 5.53. The Morgan fingerprint density at radius 1 is 1.48 bits per heavy atom. The molecule has 0 aromatic carbocycles. The van der Waals surface area contributed by atoms with Crippen molar-refractivity contribution in [3.8, 4) is 11.4 Å². The molecule has 0 atom stereocenters. The van der Waals surface area contributed by atoms with Gasteiger partial charge in [-0.1, -0.05) is 0 Å². The Labute approximate surface area is 126 Å². The van der Waals surface area contributed by atoms with Gasteiger partial charge < -0.3 is 10.0 Å². The topological polar surface area (TPSA) is 84.1 Å². The number of tetrazole rings is 1. The van der Waals surface area contributed by atoms with Crippen LogP contribution in [0.1, 0.15) is 19.8 Å². The molecule has 1 N–H and O–H groups in total. The van der Waals surface area contributed by atoms with Crippen molar-refractivity contribution in [2.75, 3.05) is 13.1 Å². The number of rotatable bonds is 3. The van der Waals surface area contributed by atoms with Crippen molar-refractivity contribution in [3.05, 3.63) is 16.8 Å². The maximum atomic E-state index is 12.2. The van der Waals surface area contributed by atoms with Crippen molar-refractivity contribution >= 4 is 17.2 Å². The molecule has 7 nitrogen and oxygen atoms in total. The Kier molecular flexibility index (Phi) is 3.73. The van der Waals surface area contributed by atoms with E-state index in [1.54, 1.807) is 23.2 Å². The maximum Gasteiger partial charge on any atom is 0.246 e. The Hall–Kier alpha value is -1.80. The second-order valence-electron chi connectivity index (χ2n) is 5.53. The van der Waals surface area contributed by atoms with Crippen LogP contribution < -0.4 is 0 Å². The lowest BCUT2D eigenvalue weighted by Crippen LogP contribution is -2.46. The van der Waals surface area contributed by atoms with E-state index in [2.05, 4.69) is 15.4 Å². The van der Waals surface area contributed by atoms with Gasteiger partial charge in [-0.25, -0.2) is 0 Å². The summed E-state index contributed by atoms with van der Waals surface area (Å²) >= 11 is 1.56. The number of carbonyl (C=O) groups excluding carboxylic acids is 1. The van der Waals surface area contributed by atoms with Gasteiger partial charge in [0.25, 0.3) is 0 Å². The van der Waals surface area contributed by atoms with Crippen molar-refractivity contribution in [3.63, 3.8) is 0 Å². The van der Waals surface area contributed by atoms with Crippen molar-refractivity contribution < 1.29 is 9.90 Å². The zero-order chi connectivity index (χ0) is 14.9. The number of thiophene rings is 1. The summed E-state index contributed by atoms with van der Waals surface area (Å²) in [6.07, 6.45) is 1.20. The van der Waals surface area contributed by atoms with Crippen LogP contribution in [0.25, 0.3) is 11.4 Å². The van der Waals surface area contributed by atoms with Crippen molar-refractivity contribution in [2.24, 2.45) is 0 Å². The minimum Gasteiger partial charge on any atom is -0.390 e. The molecule has 2 aromatic heterocycles. The molecule has 1 aliphatic heterocycles. The third-order valence-electron chi connectivity index (χ3n) is 3.70. The third-order valence-corrected chi connectivity index (χ3v) is 4.39. The van der Waals surface area contributed by atoms with Gasteiger partial charge >= 0.3 is 0 Å². The van der Waals surface area contributed by atoms with Crippen molar-refractivity contribution in [2.45, 2.75) is 31.9 Å². The van der Waals surface area contributed by atoms with E-state index >= 15 is 0 Å². The SMILES string of the molecule is CC1(O)CCN(C(=O)Cn2nnc(-c3ccsc3)n2)CC1. The molecule has 8 heteroatoms. The minimum absolute atomic E-state index is 0.0419. The molecule has 112 valence electrons. The molecule has 0 saturated carbocycles. The van der Waals surface area contributed by atoms with Gasteiger partial charge in [0.2, 0.25) is 11.7 Å². The monoisotopic (exact) mass is 307 g/mol. The smallest absolute Gasteiger partial charge is 0.246 e. The van der Waals surface area contributed by atoms with Gasteiger partial charge in [0.15, 0.2) is 0 Å². The molecule has 1 amide bonds. The average Bonchev–Trinajstić information content (AvgIpc) is 3.08. The first-order chi connectivity index (χ1) is 10.0. The van der Waals surface area contributed by atoms with Gasteiger partial charge in [-0.2, -0.15) is 16.1 Å². The largest absolute Gasteiger partial charge is 0.390 e. The van der Waals surface area contributed by atoms with Crippen LogP contribution >= 0.6 is 11.3 Å². The molecule has 1 saturated heterocycles. The zero-order valence-electron chi connectivity index (χ0n) is 11.8. The molecule has 0 radical (unpaired) electrons. The van der Waals surface area contributed by atoms with E-state index in [0.29, 0.717) is 31.8 Å². The molecule has 0 aliphatic carbocycles. The number of hydrogen-bond acceptors (Lipinski definition) is 6. The number of carbonyl (C=O) groups is 1. The highest BCUT2D eigenvalue weighted by molar-refractivity contribution is 7.08. The lowest BCUT2D eigenvalue weighted by atomic mass is 9.94. The normalized spacial score (nSPS) is 17.9. The van der Waals surface area contributed by atoms with Crippen LogP contribution in [0.2, 0.25) is 0 Å². The quantitative estimate of drug-likeness (QED) is 0.905. The number of aromatic nitrogens is 4. The summed E-state index contributed by atoms with van der Waals surface area (Å²) in [6, 6.07) is 1.92. The van der Waals surface area contributed by atoms with E-state index in [1.807, 2.05) is 16.8 Å². The van der Waals surface area contributed by atoms with E-state index < -0.39 is 5.60 Å². The molecule has 3 heterocycles. The van der Waals surface area contributed by atoms with Crippen LogP contribution in [0.5, 0.6) is 0 Å². The van der Waals surface area contributed by atoms with Gasteiger partial charge in [-0.3, -0.25) is 4.79 Å². The fraction of sp³-hybridized carbons (Fsp3) is 0.538. The standard InChI is InChI=1S/C13H17N5O2S/c1-13(20)3-5-17(6-4-13)11(19)8-18-15-12(14-16-18)10-2-7-21-9-10/h2,7,9,20H,3-6,8H2,1H3. The number of likely N-dealkylation sites (tertiary alicyclic amines) is 1. The summed E-state index contributed by atoms with van der Waals surface area (Å²) in [5.74, 6) is 0.491. The fourth-order valence-corrected chi connectivity index (χ4v) is 2.91. The summed E-state index contributed by atoms with van der Waals surface area (Å²) in [5.41, 5.74) is 0.252. The number of aliphatic hydroxyl groups is 1. The van der Waals surface area contributed by atoms with E-state index in [-0.39, 0.29) is 12.5 Å². The van der Waals surface area contributed by atoms with Gasteiger partial charge in [-0.05, 0) is 36.4 Å². The highest BCUT2D eigenvalue weighted by Crippen LogP contribution is 2.21. The van der Waals surface area contributed by atoms with Crippen LogP contribution in [0.4, 0.5) is 0 Å². The number of nitrogens with zero attached hydrogens (tertiary/aromatic N) is 5. The highest BCUT2D eigenvalue weighted by atomic mass is 32.1. The fourth-order valence-electron chi connectivity index (χ4n) is 2.28. The Balaban J connectivity index is 1.61. The van der Waals surface area contributed by atoms with Gasteiger partial charge in [-0.15, -0.1) is 10.2 Å². The first kappa shape index (κ1) is 14.2. The summed E-state index contributed by atoms with van der Waals surface area (Å²) in [5, 5.41) is 25.9. The molecular weight excluding hydrogens is 290 g/mol. The van der Waals surface area contributed by atoms with E-state index in [4.69, 9.17) is 0 Å². The number of amides is 1. The van der Waals surface area contributed by atoms with Gasteiger partial charge in [0, 0.05) is 24.0 Å². The summed E-state index contributed by atoms with van der Waals surface area (Å²) in [6.45, 7) is 3.02. The van der Waals surface area contributed by atoms with Crippen LogP contribution in [0.15, 0.2) is 16.8 Å². The van der Waals surface area contributed by atoms with Crippen LogP contribution in [0, 0.1) is 0 Å². The van der Waals surface area contributed by atoms with Crippen molar-refractivity contribution in [1.29, 1.82) is 0 Å². The average molecular weight is 307 g/mol. The maximum absolute atomic E-state index is 12.2. The van der Waals surface area contributed by atoms with Gasteiger partial charge in [0.1, 0.15) is 6.54 Å². The predicted molar refractivity (Wildman–Crippen MR) is 77.6 cm³/mol. The second-order valence-corrected chi connectivity index (χ2v) is 6.31. The molecule has 1 fully saturated rings. The molecular formula is C13H17N5O2S. The van der Waals surface area contributed by atoms with Crippen LogP contribution in [0.3, 0.4) is 0 Å². The molecule has 0 bridgehead atoms. The third kappa shape index (κ3) is 3.27. The Morgan fingerprint density at radius 2 is 2.24 bits per heavy atom. The van der Waals surface area contributed by atoms with Gasteiger partial charge in [0.05, 0.1) is 5.60 Å². The zero-order valence-corrected chi connectivity index (χ0v) is 12.6. The predicted octanol–water partition coefficient (Wildman–Crippen LogP) is 0.775. The summed E-state index contributed by atoms with van der Waals surface area (Å²) < 4.78 is 0. The molecule has 0 spiro atoms. The first-order valence-electron chi connectivity index (χ1n) is 6.84. The molecule has 2 aromatic rings. The Bertz CT molecular complexity index is 612. The number of hydrogen-bond donors (Lipinski definition) is 1.